The molecule has 21 heavy (non-hydrogen) atoms. The molecule has 0 unspecified atom stereocenters. The van der Waals surface area contributed by atoms with Crippen molar-refractivity contribution in [2.24, 2.45) is 11.7 Å². The Morgan fingerprint density at radius 2 is 2.19 bits per heavy atom. The maximum atomic E-state index is 12.6. The summed E-state index contributed by atoms with van der Waals surface area (Å²) in [7, 11) is 0. The van der Waals surface area contributed by atoms with E-state index in [0.29, 0.717) is 17.7 Å². The zero-order chi connectivity index (χ0) is 15.8. The van der Waals surface area contributed by atoms with Crippen molar-refractivity contribution < 1.29 is 14.7 Å². The summed E-state index contributed by atoms with van der Waals surface area (Å²) >= 11 is 0. The van der Waals surface area contributed by atoms with Gasteiger partial charge in [-0.05, 0) is 12.0 Å². The molecular weight excluding hydrogens is 270 g/mol. The van der Waals surface area contributed by atoms with Gasteiger partial charge in [-0.1, -0.05) is 25.7 Å². The fourth-order valence-electron chi connectivity index (χ4n) is 1.83. The quantitative estimate of drug-likeness (QED) is 0.746. The van der Waals surface area contributed by atoms with Gasteiger partial charge in [0, 0.05) is 18.9 Å². The number of nitrogens with zero attached hydrogens (tertiary/aromatic N) is 2. The molecule has 2 amide bonds. The van der Waals surface area contributed by atoms with Crippen molar-refractivity contribution in [3.8, 4) is 11.8 Å². The Hall–Kier alpha value is -2.39. The van der Waals surface area contributed by atoms with Crippen LogP contribution in [0.1, 0.15) is 29.8 Å². The fourth-order valence-corrected chi connectivity index (χ4v) is 1.83. The van der Waals surface area contributed by atoms with Crippen LogP contribution in [0, 0.1) is 17.8 Å². The van der Waals surface area contributed by atoms with Gasteiger partial charge in [0.05, 0.1) is 17.7 Å². The molecule has 0 aliphatic heterocycles. The number of carbonyl (C=O) groups is 2. The highest BCUT2D eigenvalue weighted by atomic mass is 16.2. The monoisotopic (exact) mass is 289 g/mol. The largest absolute Gasteiger partial charge is 0.384 e. The number of carbonyl (C=O) groups excluding carboxylic acids is 2. The molecule has 0 atom stereocenters. The Bertz CT molecular complexity index is 573. The number of aliphatic hydroxyl groups excluding tert-OH is 1. The summed E-state index contributed by atoms with van der Waals surface area (Å²) < 4.78 is 0. The van der Waals surface area contributed by atoms with E-state index >= 15 is 0 Å². The van der Waals surface area contributed by atoms with Gasteiger partial charge in [0.2, 0.25) is 5.91 Å². The van der Waals surface area contributed by atoms with Crippen molar-refractivity contribution in [2.75, 3.05) is 19.7 Å². The minimum absolute atomic E-state index is 0.147. The lowest BCUT2D eigenvalue weighted by Gasteiger charge is -2.23. The lowest BCUT2D eigenvalue weighted by molar-refractivity contribution is -0.118. The van der Waals surface area contributed by atoms with Crippen LogP contribution < -0.4 is 5.73 Å². The highest BCUT2D eigenvalue weighted by molar-refractivity contribution is 5.98. The zero-order valence-corrected chi connectivity index (χ0v) is 12.2. The third kappa shape index (κ3) is 5.24. The molecule has 0 aliphatic carbocycles. The molecule has 0 aromatic carbocycles. The molecule has 0 saturated heterocycles. The van der Waals surface area contributed by atoms with Gasteiger partial charge in [-0.25, -0.2) is 0 Å². The SMILES string of the molecule is CC(C)CN(CC(N)=O)C(=O)c1ccncc1C#CCO. The van der Waals surface area contributed by atoms with Gasteiger partial charge in [0.1, 0.15) is 6.61 Å². The predicted molar refractivity (Wildman–Crippen MR) is 78.1 cm³/mol. The number of hydrogen-bond donors (Lipinski definition) is 2. The van der Waals surface area contributed by atoms with Crippen LogP contribution in [-0.2, 0) is 4.79 Å². The summed E-state index contributed by atoms with van der Waals surface area (Å²) in [5.74, 6) is 4.46. The maximum Gasteiger partial charge on any atom is 0.255 e. The molecule has 112 valence electrons. The molecule has 0 bridgehead atoms. The molecule has 0 fully saturated rings. The molecule has 0 saturated carbocycles. The van der Waals surface area contributed by atoms with Gasteiger partial charge >= 0.3 is 0 Å². The Morgan fingerprint density at radius 3 is 2.76 bits per heavy atom. The van der Waals surface area contributed by atoms with Gasteiger partial charge in [-0.15, -0.1) is 0 Å². The van der Waals surface area contributed by atoms with E-state index in [-0.39, 0.29) is 25.0 Å². The number of aliphatic hydroxyl groups is 1. The van der Waals surface area contributed by atoms with E-state index in [9.17, 15) is 9.59 Å². The number of pyridine rings is 1. The topological polar surface area (TPSA) is 96.5 Å². The summed E-state index contributed by atoms with van der Waals surface area (Å²) in [4.78, 5) is 29.0. The first-order chi connectivity index (χ1) is 9.95. The second kappa shape index (κ2) is 8.02. The molecule has 3 N–H and O–H groups in total. The molecule has 1 heterocycles. The van der Waals surface area contributed by atoms with Crippen molar-refractivity contribution in [1.29, 1.82) is 0 Å². The van der Waals surface area contributed by atoms with Crippen LogP contribution in [0.4, 0.5) is 0 Å². The second-order valence-electron chi connectivity index (χ2n) is 4.93. The standard InChI is InChI=1S/C15H19N3O3/c1-11(2)9-18(10-14(16)20)15(21)13-5-6-17-8-12(13)4-3-7-19/h5-6,8,11,19H,7,9-10H2,1-2H3,(H2,16,20). The van der Waals surface area contributed by atoms with E-state index in [1.54, 1.807) is 0 Å². The normalized spacial score (nSPS) is 9.90. The van der Waals surface area contributed by atoms with Crippen LogP contribution in [0.2, 0.25) is 0 Å². The molecule has 6 heteroatoms. The zero-order valence-electron chi connectivity index (χ0n) is 12.2. The Balaban J connectivity index is 3.11. The summed E-state index contributed by atoms with van der Waals surface area (Å²) in [6.07, 6.45) is 2.93. The van der Waals surface area contributed by atoms with Crippen molar-refractivity contribution in [3.63, 3.8) is 0 Å². The van der Waals surface area contributed by atoms with Crippen molar-refractivity contribution >= 4 is 11.8 Å². The fraction of sp³-hybridized carbons (Fsp3) is 0.400. The molecule has 0 spiro atoms. The summed E-state index contributed by atoms with van der Waals surface area (Å²) in [5, 5.41) is 8.75. The number of hydrogen-bond acceptors (Lipinski definition) is 4. The van der Waals surface area contributed by atoms with Crippen LogP contribution in [0.5, 0.6) is 0 Å². The molecule has 6 nitrogen and oxygen atoms in total. The van der Waals surface area contributed by atoms with E-state index in [4.69, 9.17) is 10.8 Å². The Labute approximate surface area is 124 Å². The first-order valence-corrected chi connectivity index (χ1v) is 6.57. The van der Waals surface area contributed by atoms with Gasteiger partial charge in [0.15, 0.2) is 0 Å². The Kier molecular flexibility index (Phi) is 6.37. The number of aromatic nitrogens is 1. The minimum atomic E-state index is -0.568. The maximum absolute atomic E-state index is 12.6. The van der Waals surface area contributed by atoms with E-state index in [0.717, 1.165) is 0 Å². The van der Waals surface area contributed by atoms with Crippen LogP contribution in [-0.4, -0.2) is 46.5 Å². The highest BCUT2D eigenvalue weighted by Crippen LogP contribution is 2.11. The third-order valence-corrected chi connectivity index (χ3v) is 2.57. The average Bonchev–Trinajstić information content (AvgIpc) is 2.43. The van der Waals surface area contributed by atoms with E-state index in [2.05, 4.69) is 16.8 Å². The molecule has 0 radical (unpaired) electrons. The van der Waals surface area contributed by atoms with Crippen LogP contribution in [0.15, 0.2) is 18.5 Å². The summed E-state index contributed by atoms with van der Waals surface area (Å²) in [6, 6.07) is 1.54. The van der Waals surface area contributed by atoms with E-state index in [1.165, 1.54) is 23.4 Å². The predicted octanol–water partition coefficient (Wildman–Crippen LogP) is 0.00890. The Morgan fingerprint density at radius 1 is 1.48 bits per heavy atom. The van der Waals surface area contributed by atoms with Crippen LogP contribution >= 0.6 is 0 Å². The van der Waals surface area contributed by atoms with Crippen molar-refractivity contribution in [1.82, 2.24) is 9.88 Å². The minimum Gasteiger partial charge on any atom is -0.384 e. The van der Waals surface area contributed by atoms with Crippen LogP contribution in [0.3, 0.4) is 0 Å². The molecule has 0 aliphatic rings. The first-order valence-electron chi connectivity index (χ1n) is 6.57. The highest BCUT2D eigenvalue weighted by Gasteiger charge is 2.20. The van der Waals surface area contributed by atoms with E-state index < -0.39 is 5.91 Å². The van der Waals surface area contributed by atoms with E-state index in [1.807, 2.05) is 13.8 Å². The lowest BCUT2D eigenvalue weighted by atomic mass is 10.1. The number of amides is 2. The molecular formula is C15H19N3O3. The molecule has 1 aromatic rings. The number of primary amides is 1. The summed E-state index contributed by atoms with van der Waals surface area (Å²) in [6.45, 7) is 3.85. The molecule has 1 aromatic heterocycles. The number of nitrogens with two attached hydrogens (primary N) is 1. The lowest BCUT2D eigenvalue weighted by Crippen LogP contribution is -2.40. The van der Waals surface area contributed by atoms with Crippen LogP contribution in [0.25, 0.3) is 0 Å². The van der Waals surface area contributed by atoms with Gasteiger partial charge in [-0.2, -0.15) is 0 Å². The van der Waals surface area contributed by atoms with Gasteiger partial charge < -0.3 is 15.7 Å². The van der Waals surface area contributed by atoms with Gasteiger partial charge in [0.25, 0.3) is 5.91 Å². The third-order valence-electron chi connectivity index (χ3n) is 2.57. The number of rotatable bonds is 5. The van der Waals surface area contributed by atoms with Crippen molar-refractivity contribution in [2.45, 2.75) is 13.8 Å². The first kappa shape index (κ1) is 16.7. The van der Waals surface area contributed by atoms with Crippen molar-refractivity contribution in [3.05, 3.63) is 29.6 Å². The smallest absolute Gasteiger partial charge is 0.255 e. The average molecular weight is 289 g/mol. The summed E-state index contributed by atoms with van der Waals surface area (Å²) in [5.41, 5.74) is 5.95. The van der Waals surface area contributed by atoms with Gasteiger partial charge in [-0.3, -0.25) is 14.6 Å². The second-order valence-corrected chi connectivity index (χ2v) is 4.93. The molecule has 1 rings (SSSR count).